The second kappa shape index (κ2) is 9.38. The van der Waals surface area contributed by atoms with Gasteiger partial charge in [0.05, 0.1) is 12.3 Å². The third-order valence-corrected chi connectivity index (χ3v) is 4.02. The van der Waals surface area contributed by atoms with Gasteiger partial charge in [0.2, 0.25) is 5.88 Å². The highest BCUT2D eigenvalue weighted by atomic mass is 32.2. The van der Waals surface area contributed by atoms with E-state index < -0.39 is 40.3 Å². The first-order chi connectivity index (χ1) is 14.4. The maximum atomic E-state index is 14.4. The van der Waals surface area contributed by atoms with Crippen LogP contribution in [0.2, 0.25) is 0 Å². The summed E-state index contributed by atoms with van der Waals surface area (Å²) in [6, 6.07) is 0.648. The van der Waals surface area contributed by atoms with E-state index in [2.05, 4.69) is 25.5 Å². The second-order valence-corrected chi connectivity index (χ2v) is 6.32. The van der Waals surface area contributed by atoms with Gasteiger partial charge in [0.1, 0.15) is 23.2 Å². The summed E-state index contributed by atoms with van der Waals surface area (Å²) in [6.45, 7) is 0.0424. The number of hydrogen-bond acceptors (Lipinski definition) is 7. The quantitative estimate of drug-likeness (QED) is 0.225. The highest BCUT2D eigenvalue weighted by molar-refractivity contribution is 7.80. The van der Waals surface area contributed by atoms with Crippen LogP contribution in [-0.2, 0) is 11.3 Å². The van der Waals surface area contributed by atoms with Gasteiger partial charge in [-0.3, -0.25) is 19.7 Å². The largest absolute Gasteiger partial charge is 0.476 e. The minimum atomic E-state index is -2.60. The molecule has 160 valence electrons. The number of nitrogens with zero attached hydrogens (tertiary/aromatic N) is 3. The van der Waals surface area contributed by atoms with Crippen molar-refractivity contribution >= 4 is 45.5 Å². The molecule has 0 saturated carbocycles. The number of ether oxygens (including phenoxy) is 1. The maximum Gasteiger partial charge on any atom is 0.325 e. The SMILES string of the molecule is O=C(Nc1c(F)ccc(NS(=O)O)c1F)Nc1ncnc2[nH]nc(OCCCO)c12. The molecule has 0 bridgehead atoms. The standard InChI is InChI=1S/C15H15F2N7O5S/c16-7-2-3-8(24-30(27)28)10(17)11(7)20-15(26)21-12-9-13(19-6-18-12)22-23-14(9)29-5-1-4-25/h2-3,6,24-25H,1,4-5H2,(H,27,28)(H3,18,19,20,21,22,23,26). The van der Waals surface area contributed by atoms with Crippen LogP contribution in [-0.4, -0.2) is 53.3 Å². The molecule has 2 amide bonds. The molecule has 0 aliphatic rings. The maximum absolute atomic E-state index is 14.4. The third-order valence-electron chi connectivity index (χ3n) is 3.62. The Morgan fingerprint density at radius 2 is 2.07 bits per heavy atom. The summed E-state index contributed by atoms with van der Waals surface area (Å²) >= 11 is -2.60. The number of anilines is 3. The normalized spacial score (nSPS) is 11.9. The van der Waals surface area contributed by atoms with Crippen LogP contribution in [0, 0.1) is 11.6 Å². The van der Waals surface area contributed by atoms with Crippen LogP contribution in [0.15, 0.2) is 18.5 Å². The molecule has 1 aromatic carbocycles. The molecule has 12 nitrogen and oxygen atoms in total. The number of carbonyl (C=O) groups is 1. The average Bonchev–Trinajstić information content (AvgIpc) is 3.11. The van der Waals surface area contributed by atoms with E-state index in [1.54, 1.807) is 0 Å². The zero-order valence-corrected chi connectivity index (χ0v) is 15.8. The van der Waals surface area contributed by atoms with E-state index in [4.69, 9.17) is 14.4 Å². The van der Waals surface area contributed by atoms with E-state index in [1.807, 2.05) is 10.0 Å². The Hall–Kier alpha value is -3.43. The number of hydrogen-bond donors (Lipinski definition) is 6. The number of fused-ring (bicyclic) bond motifs is 1. The Balaban J connectivity index is 1.82. The number of aliphatic hydroxyl groups excluding tert-OH is 1. The number of rotatable bonds is 8. The van der Waals surface area contributed by atoms with E-state index in [9.17, 15) is 17.8 Å². The molecule has 1 unspecified atom stereocenters. The zero-order valence-electron chi connectivity index (χ0n) is 15.0. The third kappa shape index (κ3) is 4.76. The number of aliphatic hydroxyl groups is 1. The van der Waals surface area contributed by atoms with Gasteiger partial charge in [-0.15, -0.1) is 5.10 Å². The summed E-state index contributed by atoms with van der Waals surface area (Å²) in [5, 5.41) is 19.8. The molecule has 2 aromatic heterocycles. The summed E-state index contributed by atoms with van der Waals surface area (Å²) in [7, 11) is 0. The number of carbonyl (C=O) groups excluding carboxylic acids is 1. The lowest BCUT2D eigenvalue weighted by Gasteiger charge is -2.12. The van der Waals surface area contributed by atoms with E-state index in [0.717, 1.165) is 18.5 Å². The summed E-state index contributed by atoms with van der Waals surface area (Å²) in [5.74, 6) is -2.39. The van der Waals surface area contributed by atoms with Crippen LogP contribution in [0.1, 0.15) is 6.42 Å². The van der Waals surface area contributed by atoms with E-state index >= 15 is 0 Å². The number of benzene rings is 1. The van der Waals surface area contributed by atoms with Crippen LogP contribution in [0.5, 0.6) is 5.88 Å². The second-order valence-electron chi connectivity index (χ2n) is 5.61. The number of H-pyrrole nitrogens is 1. The molecule has 0 aliphatic heterocycles. The molecule has 1 atom stereocenters. The van der Waals surface area contributed by atoms with Crippen molar-refractivity contribution in [3.05, 3.63) is 30.1 Å². The fourth-order valence-corrected chi connectivity index (χ4v) is 2.70. The molecule has 6 N–H and O–H groups in total. The van der Waals surface area contributed by atoms with Crippen molar-refractivity contribution in [1.82, 2.24) is 20.2 Å². The van der Waals surface area contributed by atoms with Gasteiger partial charge in [-0.1, -0.05) is 0 Å². The molecular formula is C15H15F2N7O5S. The molecule has 0 spiro atoms. The zero-order chi connectivity index (χ0) is 21.7. The molecular weight excluding hydrogens is 428 g/mol. The number of aromatic nitrogens is 4. The molecule has 30 heavy (non-hydrogen) atoms. The van der Waals surface area contributed by atoms with Crippen molar-refractivity contribution in [2.24, 2.45) is 0 Å². The summed E-state index contributed by atoms with van der Waals surface area (Å²) in [5.41, 5.74) is -1.11. The lowest BCUT2D eigenvalue weighted by atomic mass is 10.2. The lowest BCUT2D eigenvalue weighted by molar-refractivity contribution is 0.230. The Labute approximate surface area is 169 Å². The number of urea groups is 1. The van der Waals surface area contributed by atoms with Crippen LogP contribution in [0.25, 0.3) is 11.0 Å². The molecule has 0 aliphatic carbocycles. The monoisotopic (exact) mass is 443 g/mol. The van der Waals surface area contributed by atoms with Crippen molar-refractivity contribution in [2.75, 3.05) is 28.6 Å². The summed E-state index contributed by atoms with van der Waals surface area (Å²) < 4.78 is 55.2. The number of nitrogens with one attached hydrogen (secondary N) is 4. The Kier molecular flexibility index (Phi) is 6.65. The first-order valence-corrected chi connectivity index (χ1v) is 9.37. The minimum absolute atomic E-state index is 0.0585. The molecule has 0 radical (unpaired) electrons. The van der Waals surface area contributed by atoms with E-state index in [0.29, 0.717) is 6.42 Å². The van der Waals surface area contributed by atoms with Crippen molar-refractivity contribution < 1.29 is 32.2 Å². The fourth-order valence-electron chi connectivity index (χ4n) is 2.36. The first kappa shape index (κ1) is 21.3. The first-order valence-electron chi connectivity index (χ1n) is 8.27. The van der Waals surface area contributed by atoms with Crippen LogP contribution in [0.4, 0.5) is 30.8 Å². The molecule has 0 saturated heterocycles. The van der Waals surface area contributed by atoms with Gasteiger partial charge in [-0.25, -0.2) is 27.8 Å². The fraction of sp³-hybridized carbons (Fsp3) is 0.200. The highest BCUT2D eigenvalue weighted by Crippen LogP contribution is 2.29. The predicted octanol–water partition coefficient (Wildman–Crippen LogP) is 1.58. The van der Waals surface area contributed by atoms with Gasteiger partial charge >= 0.3 is 6.03 Å². The smallest absolute Gasteiger partial charge is 0.325 e. The van der Waals surface area contributed by atoms with Crippen molar-refractivity contribution in [1.29, 1.82) is 0 Å². The Bertz CT molecular complexity index is 1100. The van der Waals surface area contributed by atoms with Gasteiger partial charge in [0, 0.05) is 13.0 Å². The molecule has 3 aromatic rings. The summed E-state index contributed by atoms with van der Waals surface area (Å²) in [4.78, 5) is 20.2. The van der Waals surface area contributed by atoms with Gasteiger partial charge in [-0.05, 0) is 12.1 Å². The molecule has 2 heterocycles. The van der Waals surface area contributed by atoms with Crippen molar-refractivity contribution in [3.8, 4) is 5.88 Å². The number of amides is 2. The van der Waals surface area contributed by atoms with Crippen molar-refractivity contribution in [3.63, 3.8) is 0 Å². The Morgan fingerprint density at radius 1 is 1.27 bits per heavy atom. The van der Waals surface area contributed by atoms with Crippen LogP contribution < -0.4 is 20.1 Å². The minimum Gasteiger partial charge on any atom is -0.476 e. The Morgan fingerprint density at radius 3 is 2.80 bits per heavy atom. The number of aromatic amines is 1. The van der Waals surface area contributed by atoms with E-state index in [1.165, 1.54) is 0 Å². The molecule has 0 fully saturated rings. The van der Waals surface area contributed by atoms with Gasteiger partial charge in [-0.2, -0.15) is 0 Å². The summed E-state index contributed by atoms with van der Waals surface area (Å²) in [6.07, 6.45) is 1.46. The molecule has 15 heteroatoms. The predicted molar refractivity (Wildman–Crippen MR) is 102 cm³/mol. The van der Waals surface area contributed by atoms with E-state index in [-0.39, 0.29) is 35.9 Å². The van der Waals surface area contributed by atoms with Crippen LogP contribution in [0.3, 0.4) is 0 Å². The highest BCUT2D eigenvalue weighted by Gasteiger charge is 2.20. The lowest BCUT2D eigenvalue weighted by Crippen LogP contribution is -2.22. The molecule has 3 rings (SSSR count). The van der Waals surface area contributed by atoms with Crippen LogP contribution >= 0.6 is 0 Å². The van der Waals surface area contributed by atoms with Gasteiger partial charge < -0.3 is 15.2 Å². The van der Waals surface area contributed by atoms with Gasteiger partial charge in [0.15, 0.2) is 17.3 Å². The average molecular weight is 443 g/mol. The number of halogens is 2. The van der Waals surface area contributed by atoms with Crippen molar-refractivity contribution in [2.45, 2.75) is 6.42 Å². The van der Waals surface area contributed by atoms with Gasteiger partial charge in [0.25, 0.3) is 11.3 Å². The topological polar surface area (TPSA) is 174 Å².